The summed E-state index contributed by atoms with van der Waals surface area (Å²) in [6.07, 6.45) is -1.13. The fraction of sp³-hybridized carbons (Fsp3) is 0.357. The molecule has 0 heterocycles. The Morgan fingerprint density at radius 2 is 1.91 bits per heavy atom. The van der Waals surface area contributed by atoms with Crippen molar-refractivity contribution < 1.29 is 24.0 Å². The highest BCUT2D eigenvalue weighted by molar-refractivity contribution is 5.95. The van der Waals surface area contributed by atoms with E-state index in [-0.39, 0.29) is 11.4 Å². The van der Waals surface area contributed by atoms with Gasteiger partial charge < -0.3 is 15.4 Å². The van der Waals surface area contributed by atoms with Crippen LogP contribution in [0, 0.1) is 10.1 Å². The van der Waals surface area contributed by atoms with E-state index in [1.807, 2.05) is 0 Å². The van der Waals surface area contributed by atoms with Crippen LogP contribution in [0.5, 0.6) is 0 Å². The molecule has 1 aromatic carbocycles. The number of carbonyl (C=O) groups is 3. The molecule has 2 atom stereocenters. The zero-order chi connectivity index (χ0) is 17.6. The van der Waals surface area contributed by atoms with Crippen LogP contribution < -0.4 is 10.6 Å². The van der Waals surface area contributed by atoms with E-state index in [2.05, 4.69) is 10.6 Å². The minimum absolute atomic E-state index is 0.174. The lowest BCUT2D eigenvalue weighted by molar-refractivity contribution is -0.384. The van der Waals surface area contributed by atoms with Crippen molar-refractivity contribution >= 4 is 29.2 Å². The first-order valence-electron chi connectivity index (χ1n) is 6.73. The van der Waals surface area contributed by atoms with Crippen LogP contribution in [-0.2, 0) is 19.1 Å². The molecular formula is C14H17N3O6. The van der Waals surface area contributed by atoms with Crippen molar-refractivity contribution in [1.29, 1.82) is 0 Å². The number of hydrogen-bond acceptors (Lipinski definition) is 6. The van der Waals surface area contributed by atoms with Crippen molar-refractivity contribution in [3.8, 4) is 0 Å². The summed E-state index contributed by atoms with van der Waals surface area (Å²) in [5.41, 5.74) is 0.0359. The van der Waals surface area contributed by atoms with Gasteiger partial charge in [-0.1, -0.05) is 6.07 Å². The van der Waals surface area contributed by atoms with E-state index in [0.29, 0.717) is 0 Å². The lowest BCUT2D eigenvalue weighted by atomic mass is 10.2. The number of ether oxygens (including phenoxy) is 1. The topological polar surface area (TPSA) is 128 Å². The predicted molar refractivity (Wildman–Crippen MR) is 80.6 cm³/mol. The van der Waals surface area contributed by atoms with Gasteiger partial charge in [0.1, 0.15) is 6.04 Å². The Labute approximate surface area is 132 Å². The first kappa shape index (κ1) is 18.1. The zero-order valence-electron chi connectivity index (χ0n) is 12.9. The molecule has 0 unspecified atom stereocenters. The predicted octanol–water partition coefficient (Wildman–Crippen LogP) is 0.990. The lowest BCUT2D eigenvalue weighted by Gasteiger charge is -2.17. The molecule has 0 aromatic heterocycles. The Morgan fingerprint density at radius 3 is 2.48 bits per heavy atom. The van der Waals surface area contributed by atoms with E-state index < -0.39 is 34.9 Å². The number of nitro groups is 1. The average Bonchev–Trinajstić information content (AvgIpc) is 2.46. The number of anilines is 1. The van der Waals surface area contributed by atoms with Crippen LogP contribution in [-0.4, -0.2) is 34.9 Å². The van der Waals surface area contributed by atoms with Crippen molar-refractivity contribution in [2.45, 2.75) is 32.9 Å². The van der Waals surface area contributed by atoms with Crippen molar-refractivity contribution in [1.82, 2.24) is 5.32 Å². The van der Waals surface area contributed by atoms with Crippen molar-refractivity contribution in [3.63, 3.8) is 0 Å². The summed E-state index contributed by atoms with van der Waals surface area (Å²) in [6.45, 7) is 4.03. The number of nitrogens with one attached hydrogen (secondary N) is 2. The van der Waals surface area contributed by atoms with Gasteiger partial charge in [-0.3, -0.25) is 19.7 Å². The second-order valence-corrected chi connectivity index (χ2v) is 4.80. The van der Waals surface area contributed by atoms with Crippen LogP contribution in [0.3, 0.4) is 0 Å². The molecule has 9 nitrogen and oxygen atoms in total. The Hall–Kier alpha value is -2.97. The van der Waals surface area contributed by atoms with E-state index in [1.54, 1.807) is 0 Å². The number of nitro benzene ring substituents is 1. The van der Waals surface area contributed by atoms with Gasteiger partial charge >= 0.3 is 5.97 Å². The van der Waals surface area contributed by atoms with Crippen molar-refractivity contribution in [2.75, 3.05) is 5.32 Å². The number of carbonyl (C=O) groups excluding carboxylic acids is 3. The summed E-state index contributed by atoms with van der Waals surface area (Å²) >= 11 is 0. The average molecular weight is 323 g/mol. The van der Waals surface area contributed by atoms with E-state index >= 15 is 0 Å². The maximum absolute atomic E-state index is 11.9. The molecule has 0 saturated carbocycles. The highest BCUT2D eigenvalue weighted by Gasteiger charge is 2.22. The standard InChI is InChI=1S/C14H17N3O6/c1-8(15-10(3)18)14(20)23-9(2)13(19)16-11-5-4-6-12(7-11)17(21)22/h4-9H,1-3H3,(H,15,18)(H,16,19)/t8-,9-/m0/s1. The van der Waals surface area contributed by atoms with E-state index in [9.17, 15) is 24.5 Å². The van der Waals surface area contributed by atoms with E-state index in [1.165, 1.54) is 45.0 Å². The Morgan fingerprint density at radius 1 is 1.26 bits per heavy atom. The summed E-state index contributed by atoms with van der Waals surface area (Å²) in [7, 11) is 0. The lowest BCUT2D eigenvalue weighted by Crippen LogP contribution is -2.41. The minimum atomic E-state index is -1.13. The largest absolute Gasteiger partial charge is 0.451 e. The maximum atomic E-state index is 11.9. The molecule has 0 spiro atoms. The monoisotopic (exact) mass is 323 g/mol. The number of non-ortho nitro benzene ring substituents is 1. The highest BCUT2D eigenvalue weighted by Crippen LogP contribution is 2.17. The van der Waals surface area contributed by atoms with E-state index in [4.69, 9.17) is 4.74 Å². The van der Waals surface area contributed by atoms with Crippen molar-refractivity contribution in [3.05, 3.63) is 34.4 Å². The van der Waals surface area contributed by atoms with Gasteiger partial charge in [-0.2, -0.15) is 0 Å². The Bertz CT molecular complexity index is 631. The van der Waals surface area contributed by atoms with Gasteiger partial charge in [0.25, 0.3) is 11.6 Å². The number of rotatable bonds is 6. The van der Waals surface area contributed by atoms with Gasteiger partial charge in [0, 0.05) is 24.7 Å². The molecule has 0 saturated heterocycles. The van der Waals surface area contributed by atoms with Gasteiger partial charge in [-0.25, -0.2) is 4.79 Å². The smallest absolute Gasteiger partial charge is 0.329 e. The van der Waals surface area contributed by atoms with Gasteiger partial charge in [0.05, 0.1) is 4.92 Å². The van der Waals surface area contributed by atoms with E-state index in [0.717, 1.165) is 0 Å². The van der Waals surface area contributed by atoms with Crippen LogP contribution in [0.25, 0.3) is 0 Å². The summed E-state index contributed by atoms with van der Waals surface area (Å²) in [6, 6.07) is 4.48. The molecule has 0 bridgehead atoms. The number of hydrogen-bond donors (Lipinski definition) is 2. The molecule has 2 N–H and O–H groups in total. The van der Waals surface area contributed by atoms with Crippen LogP contribution in [0.2, 0.25) is 0 Å². The molecule has 0 aliphatic heterocycles. The van der Waals surface area contributed by atoms with Gasteiger partial charge in [-0.15, -0.1) is 0 Å². The summed E-state index contributed by atoms with van der Waals surface area (Å²) < 4.78 is 4.93. The molecule has 9 heteroatoms. The molecule has 0 aliphatic carbocycles. The molecule has 2 amide bonds. The Kier molecular flexibility index (Phi) is 6.19. The quantitative estimate of drug-likeness (QED) is 0.456. The van der Waals surface area contributed by atoms with Crippen molar-refractivity contribution in [2.24, 2.45) is 0 Å². The number of nitrogens with zero attached hydrogens (tertiary/aromatic N) is 1. The van der Waals surface area contributed by atoms with Crippen LogP contribution in [0.1, 0.15) is 20.8 Å². The summed E-state index contributed by atoms with van der Waals surface area (Å²) in [5, 5.41) is 15.4. The van der Waals surface area contributed by atoms with Crippen LogP contribution in [0.4, 0.5) is 11.4 Å². The SMILES string of the molecule is CC(=O)N[C@@H](C)C(=O)O[C@@H](C)C(=O)Nc1cccc([N+](=O)[O-])c1. The second kappa shape index (κ2) is 7.87. The molecule has 1 rings (SSSR count). The number of esters is 1. The molecule has 0 aliphatic rings. The molecular weight excluding hydrogens is 306 g/mol. The molecule has 0 radical (unpaired) electrons. The van der Waals surface area contributed by atoms with Gasteiger partial charge in [0.2, 0.25) is 5.91 Å². The minimum Gasteiger partial charge on any atom is -0.451 e. The number of benzene rings is 1. The second-order valence-electron chi connectivity index (χ2n) is 4.80. The Balaban J connectivity index is 2.63. The summed E-state index contributed by atoms with van der Waals surface area (Å²) in [4.78, 5) is 44.5. The first-order chi connectivity index (χ1) is 10.7. The maximum Gasteiger partial charge on any atom is 0.329 e. The first-order valence-corrected chi connectivity index (χ1v) is 6.73. The third kappa shape index (κ3) is 5.73. The molecule has 124 valence electrons. The third-order valence-corrected chi connectivity index (χ3v) is 2.76. The van der Waals surface area contributed by atoms with Gasteiger partial charge in [0.15, 0.2) is 6.10 Å². The molecule has 23 heavy (non-hydrogen) atoms. The fourth-order valence-electron chi connectivity index (χ4n) is 1.63. The normalized spacial score (nSPS) is 12.7. The van der Waals surface area contributed by atoms with Crippen LogP contribution >= 0.6 is 0 Å². The van der Waals surface area contributed by atoms with Crippen LogP contribution in [0.15, 0.2) is 24.3 Å². The van der Waals surface area contributed by atoms with Gasteiger partial charge in [-0.05, 0) is 19.9 Å². The molecule has 1 aromatic rings. The zero-order valence-corrected chi connectivity index (χ0v) is 12.9. The highest BCUT2D eigenvalue weighted by atomic mass is 16.6. The summed E-state index contributed by atoms with van der Waals surface area (Å²) in [5.74, 6) is -1.81. The fourth-order valence-corrected chi connectivity index (χ4v) is 1.63. The third-order valence-electron chi connectivity index (χ3n) is 2.76. The number of amides is 2. The molecule has 0 fully saturated rings.